The molecule has 3 saturated heterocycles. The number of aliphatic hydroxyl groups is 1. The summed E-state index contributed by atoms with van der Waals surface area (Å²) in [6, 6.07) is 0. The first kappa shape index (κ1) is 66.8. The van der Waals surface area contributed by atoms with E-state index in [4.69, 9.17) is 63.3 Å². The number of phosphoric ester groups is 3. The van der Waals surface area contributed by atoms with Crippen LogP contribution in [0.15, 0.2) is 96.7 Å². The first-order chi connectivity index (χ1) is 43.2. The standard InChI is InChI=1S/C54H70N15O19P3/c1-30(11-12-36-32(3)10-7-16-54(36,4)5)8-6-9-31(2)15-17-79-40(71)13-14-41(72)88-91(77,78)82-23-35-20-39(53(85-35)69-29-66-44-47(57)60-26-63-50(44)69)87-90(75,76)81-22-34-19-38(52(84-34)68-28-65-43-46(56)59-25-62-49(43)68)86-89(73,74)80-21-33-18-37(70)51(83-33)67-27-64-42-45(55)58-24-61-48(42)67/h6,8-9,11-12,15,24-29,33-35,37-39,51-53,70H,7,10,13-14,16-23H2,1-5H3,(H,73,74)(H,75,76)(H,77,78)(H2,55,58,61)(H2,56,59,62)(H2,57,60,63)/b9-6+,12-11+,30-8+,31-15+/t33-,34-,35-,37+,38+,39+,51+,52+,53+/m0/s1. The van der Waals surface area contributed by atoms with Crippen molar-refractivity contribution in [2.45, 2.75) is 141 Å². The fourth-order valence-corrected chi connectivity index (χ4v) is 13.6. The molecule has 490 valence electrons. The molecule has 91 heavy (non-hydrogen) atoms. The fraction of sp³-hybridized carbons (Fsp3) is 0.500. The average molecular weight is 1330 g/mol. The van der Waals surface area contributed by atoms with Gasteiger partial charge in [0.05, 0.1) is 70.0 Å². The molecule has 37 heteroatoms. The highest BCUT2D eigenvalue weighted by Crippen LogP contribution is 2.54. The Kier molecular flexibility index (Phi) is 20.6. The summed E-state index contributed by atoms with van der Waals surface area (Å²) in [5.74, 6) is -1.93. The molecule has 10 rings (SSSR count). The zero-order chi connectivity index (χ0) is 65.0. The highest BCUT2D eigenvalue weighted by molar-refractivity contribution is 7.48. The largest absolute Gasteiger partial charge is 0.529 e. The summed E-state index contributed by atoms with van der Waals surface area (Å²) in [4.78, 5) is 95.4. The number of carbonyl (C=O) groups is 2. The lowest BCUT2D eigenvalue weighted by Gasteiger charge is -2.32. The van der Waals surface area contributed by atoms with E-state index >= 15 is 0 Å². The molecule has 3 fully saturated rings. The minimum atomic E-state index is -5.20. The lowest BCUT2D eigenvalue weighted by Crippen LogP contribution is -2.23. The van der Waals surface area contributed by atoms with Crippen LogP contribution in [0.25, 0.3) is 33.5 Å². The summed E-state index contributed by atoms with van der Waals surface area (Å²) in [6.07, 6.45) is 9.81. The Morgan fingerprint density at radius 3 is 1.62 bits per heavy atom. The number of nitrogen functional groups attached to an aromatic ring is 3. The second-order valence-corrected chi connectivity index (χ2v) is 26.9. The Morgan fingerprint density at radius 2 is 1.11 bits per heavy atom. The van der Waals surface area contributed by atoms with Crippen molar-refractivity contribution in [3.05, 3.63) is 96.7 Å². The van der Waals surface area contributed by atoms with Gasteiger partial charge in [0.15, 0.2) is 53.1 Å². The van der Waals surface area contributed by atoms with E-state index in [1.807, 2.05) is 32.1 Å². The van der Waals surface area contributed by atoms with E-state index in [2.05, 4.69) is 77.8 Å². The number of nitrogens with zero attached hydrogens (tertiary/aromatic N) is 12. The maximum Gasteiger partial charge on any atom is 0.529 e. The van der Waals surface area contributed by atoms with Gasteiger partial charge in [-0.25, -0.2) is 58.6 Å². The van der Waals surface area contributed by atoms with Gasteiger partial charge in [-0.05, 0) is 57.1 Å². The Bertz CT molecular complexity index is 3980. The normalized spacial score (nSPS) is 26.1. The minimum absolute atomic E-state index is 0.00138. The molecule has 6 aromatic rings. The molecule has 0 aromatic carbocycles. The number of ether oxygens (including phenoxy) is 4. The molecule has 10 N–H and O–H groups in total. The molecule has 0 radical (unpaired) electrons. The number of nitrogens with two attached hydrogens (primary N) is 3. The van der Waals surface area contributed by atoms with Crippen LogP contribution in [0, 0.1) is 5.41 Å². The highest BCUT2D eigenvalue weighted by atomic mass is 31.2. The van der Waals surface area contributed by atoms with Crippen LogP contribution in [0.3, 0.4) is 0 Å². The van der Waals surface area contributed by atoms with Crippen LogP contribution >= 0.6 is 23.5 Å². The molecule has 1 aliphatic carbocycles. The number of rotatable bonds is 26. The van der Waals surface area contributed by atoms with Crippen molar-refractivity contribution in [3.63, 3.8) is 0 Å². The number of fused-ring (bicyclic) bond motifs is 3. The van der Waals surface area contributed by atoms with E-state index in [1.54, 1.807) is 6.08 Å². The van der Waals surface area contributed by atoms with Crippen molar-refractivity contribution in [3.8, 4) is 0 Å². The number of hydrogen-bond acceptors (Lipinski definition) is 28. The lowest BCUT2D eigenvalue weighted by atomic mass is 9.72. The third-order valence-corrected chi connectivity index (χ3v) is 18.4. The Morgan fingerprint density at radius 1 is 0.648 bits per heavy atom. The van der Waals surface area contributed by atoms with Crippen LogP contribution in [0.1, 0.15) is 105 Å². The van der Waals surface area contributed by atoms with E-state index in [0.717, 1.165) is 36.6 Å². The van der Waals surface area contributed by atoms with Gasteiger partial charge in [-0.3, -0.25) is 50.8 Å². The van der Waals surface area contributed by atoms with Crippen LogP contribution < -0.4 is 17.2 Å². The van der Waals surface area contributed by atoms with E-state index in [-0.39, 0.29) is 82.2 Å². The van der Waals surface area contributed by atoms with Crippen LogP contribution in [-0.4, -0.2) is 153 Å². The third kappa shape index (κ3) is 16.4. The first-order valence-electron chi connectivity index (χ1n) is 28.7. The number of aromatic nitrogens is 12. The highest BCUT2D eigenvalue weighted by Gasteiger charge is 2.47. The Labute approximate surface area is 519 Å². The van der Waals surface area contributed by atoms with Crippen molar-refractivity contribution in [2.75, 3.05) is 43.6 Å². The van der Waals surface area contributed by atoms with Gasteiger partial charge < -0.3 is 55.6 Å². The second kappa shape index (κ2) is 28.0. The average Bonchev–Trinajstić information content (AvgIpc) is 1.67. The molecule has 34 nitrogen and oxygen atoms in total. The predicted molar refractivity (Wildman–Crippen MR) is 320 cm³/mol. The van der Waals surface area contributed by atoms with E-state index in [1.165, 1.54) is 56.6 Å². The zero-order valence-electron chi connectivity index (χ0n) is 50.0. The lowest BCUT2D eigenvalue weighted by molar-refractivity contribution is -0.146. The van der Waals surface area contributed by atoms with Crippen molar-refractivity contribution in [1.29, 1.82) is 0 Å². The molecule has 4 aliphatic rings. The fourth-order valence-electron chi connectivity index (χ4n) is 11.0. The second-order valence-electron chi connectivity index (χ2n) is 22.7. The number of hydrogen-bond donors (Lipinski definition) is 7. The van der Waals surface area contributed by atoms with Gasteiger partial charge in [-0.15, -0.1) is 0 Å². The Hall–Kier alpha value is -7.10. The van der Waals surface area contributed by atoms with Crippen molar-refractivity contribution in [1.82, 2.24) is 58.6 Å². The number of aliphatic hydroxyl groups excluding tert-OH is 1. The maximum atomic E-state index is 14.0. The van der Waals surface area contributed by atoms with Crippen LogP contribution in [0.5, 0.6) is 0 Å². The van der Waals surface area contributed by atoms with E-state index in [0.29, 0.717) is 0 Å². The van der Waals surface area contributed by atoms with Gasteiger partial charge in [0, 0.05) is 19.3 Å². The number of allylic oxidation sites excluding steroid dienone is 9. The van der Waals surface area contributed by atoms with Gasteiger partial charge in [-0.1, -0.05) is 60.9 Å². The number of esters is 1. The topological polar surface area (TPSA) is 467 Å². The molecule has 0 amide bonds. The van der Waals surface area contributed by atoms with Gasteiger partial charge >= 0.3 is 35.4 Å². The quantitative estimate of drug-likeness (QED) is 0.0186. The number of phosphoric acid groups is 3. The SMILES string of the molecule is CC1=C(/C=C/C(C)=C/C=C/C(C)=C/COC(=O)CCC(=O)OP(=O)(O)OC[C@@H]2C[C@@H](OP(=O)(O)OC[C@@H]3C[C@@H](OP(=O)(O)OC[C@@H]4C[C@@H](O)[C@H](n5cnc6c(N)ncnc65)O4)[C@H](n4cnc5c(N)ncnc54)O3)[C@H](n3cnc4c(N)ncnc43)O2)C(C)(C)CCC1. The molecule has 0 saturated carbocycles. The molecular weight excluding hydrogens is 1260 g/mol. The maximum absolute atomic E-state index is 14.0. The summed E-state index contributed by atoms with van der Waals surface area (Å²) < 4.78 is 101. The van der Waals surface area contributed by atoms with Gasteiger partial charge in [0.25, 0.3) is 0 Å². The molecule has 6 aromatic heterocycles. The van der Waals surface area contributed by atoms with Gasteiger partial charge in [0.1, 0.15) is 60.5 Å². The predicted octanol–water partition coefficient (Wildman–Crippen LogP) is 6.00. The molecular formula is C54H70N15O19P3. The Balaban J connectivity index is 0.727. The summed E-state index contributed by atoms with van der Waals surface area (Å²) in [7, 11) is -15.4. The molecule has 0 bridgehead atoms. The number of carbonyl (C=O) groups excluding carboxylic acids is 2. The van der Waals surface area contributed by atoms with Crippen molar-refractivity contribution < 1.29 is 89.2 Å². The molecule has 0 spiro atoms. The van der Waals surface area contributed by atoms with Crippen LogP contribution in [0.2, 0.25) is 0 Å². The molecule has 12 atom stereocenters. The minimum Gasteiger partial charge on any atom is -0.461 e. The van der Waals surface area contributed by atoms with Crippen molar-refractivity contribution in [2.24, 2.45) is 5.41 Å². The first-order valence-corrected chi connectivity index (χ1v) is 33.2. The smallest absolute Gasteiger partial charge is 0.461 e. The van der Waals surface area contributed by atoms with E-state index < -0.39 is 123 Å². The number of imidazole rings is 3. The van der Waals surface area contributed by atoms with Gasteiger partial charge in [-0.2, -0.15) is 0 Å². The van der Waals surface area contributed by atoms with Crippen molar-refractivity contribution >= 4 is 86.4 Å². The van der Waals surface area contributed by atoms with E-state index in [9.17, 15) is 43.1 Å². The zero-order valence-corrected chi connectivity index (χ0v) is 52.6. The van der Waals surface area contributed by atoms with Gasteiger partial charge in [0.2, 0.25) is 0 Å². The molecule has 9 heterocycles. The third-order valence-electron chi connectivity index (χ3n) is 15.4. The monoisotopic (exact) mass is 1330 g/mol. The summed E-state index contributed by atoms with van der Waals surface area (Å²) in [5.41, 5.74) is 23.9. The summed E-state index contributed by atoms with van der Waals surface area (Å²) >= 11 is 0. The summed E-state index contributed by atoms with van der Waals surface area (Å²) in [6.45, 7) is 8.50. The summed E-state index contributed by atoms with van der Waals surface area (Å²) in [5, 5.41) is 10.9. The molecule has 3 unspecified atom stereocenters. The number of anilines is 3. The molecule has 3 aliphatic heterocycles. The van der Waals surface area contributed by atoms with Crippen LogP contribution in [0.4, 0.5) is 17.5 Å². The van der Waals surface area contributed by atoms with Crippen LogP contribution in [-0.2, 0) is 69.4 Å².